The van der Waals surface area contributed by atoms with Gasteiger partial charge in [-0.1, -0.05) is 31.4 Å². The van der Waals surface area contributed by atoms with Crippen molar-refractivity contribution in [2.24, 2.45) is 0 Å². The summed E-state index contributed by atoms with van der Waals surface area (Å²) in [4.78, 5) is 39.0. The van der Waals surface area contributed by atoms with E-state index in [0.717, 1.165) is 37.0 Å². The Bertz CT molecular complexity index is 1030. The monoisotopic (exact) mass is 453 g/mol. The van der Waals surface area contributed by atoms with Crippen LogP contribution in [0.2, 0.25) is 0 Å². The molecule has 7 nitrogen and oxygen atoms in total. The fraction of sp³-hybridized carbons (Fsp3) is 0.500. The molecule has 1 saturated carbocycles. The first-order valence-corrected chi connectivity index (χ1v) is 11.7. The number of rotatable bonds is 7. The van der Waals surface area contributed by atoms with Gasteiger partial charge in [0.1, 0.15) is 16.9 Å². The van der Waals surface area contributed by atoms with Gasteiger partial charge >= 0.3 is 0 Å². The molecule has 0 aliphatic heterocycles. The normalized spacial score (nSPS) is 14.5. The molecule has 0 spiro atoms. The quantitative estimate of drug-likeness (QED) is 0.666. The molecule has 1 heterocycles. The predicted molar refractivity (Wildman–Crippen MR) is 129 cm³/mol. The topological polar surface area (TPSA) is 89.4 Å². The second-order valence-electron chi connectivity index (χ2n) is 9.71. The number of amides is 2. The number of nitrogens with zero attached hydrogens (tertiary/aromatic N) is 1. The van der Waals surface area contributed by atoms with Gasteiger partial charge in [0.05, 0.1) is 7.11 Å². The number of aromatic nitrogens is 1. The van der Waals surface area contributed by atoms with Crippen molar-refractivity contribution in [2.45, 2.75) is 70.9 Å². The molecule has 1 aromatic carbocycles. The molecule has 0 bridgehead atoms. The van der Waals surface area contributed by atoms with Crippen molar-refractivity contribution >= 4 is 11.8 Å². The maximum atomic E-state index is 13.1. The number of pyridine rings is 1. The van der Waals surface area contributed by atoms with Gasteiger partial charge in [-0.05, 0) is 57.7 Å². The zero-order chi connectivity index (χ0) is 24.0. The summed E-state index contributed by atoms with van der Waals surface area (Å²) in [7, 11) is 1.62. The third-order valence-corrected chi connectivity index (χ3v) is 5.88. The highest BCUT2D eigenvalue weighted by Crippen LogP contribution is 2.28. The Kier molecular flexibility index (Phi) is 7.95. The second-order valence-corrected chi connectivity index (χ2v) is 9.71. The average molecular weight is 454 g/mol. The minimum absolute atomic E-state index is 0.0110. The smallest absolute Gasteiger partial charge is 0.257 e. The first-order chi connectivity index (χ1) is 15.7. The van der Waals surface area contributed by atoms with Crippen LogP contribution in [0.5, 0.6) is 5.75 Å². The van der Waals surface area contributed by atoms with E-state index in [1.165, 1.54) is 6.42 Å². The molecule has 0 saturated heterocycles. The van der Waals surface area contributed by atoms with Crippen LogP contribution in [0.25, 0.3) is 0 Å². The number of ether oxygens (including phenoxy) is 1. The van der Waals surface area contributed by atoms with E-state index in [4.69, 9.17) is 4.74 Å². The maximum Gasteiger partial charge on any atom is 0.257 e. The lowest BCUT2D eigenvalue weighted by molar-refractivity contribution is 0.0917. The van der Waals surface area contributed by atoms with Gasteiger partial charge < -0.3 is 19.9 Å². The lowest BCUT2D eigenvalue weighted by Gasteiger charge is -2.26. The number of benzene rings is 1. The third kappa shape index (κ3) is 6.70. The molecular weight excluding hydrogens is 418 g/mol. The number of carbonyl (C=O) groups excluding carboxylic acids is 2. The largest absolute Gasteiger partial charge is 0.497 e. The highest BCUT2D eigenvalue weighted by Gasteiger charge is 2.24. The molecule has 1 aromatic heterocycles. The third-order valence-electron chi connectivity index (χ3n) is 5.88. The van der Waals surface area contributed by atoms with Gasteiger partial charge in [-0.2, -0.15) is 0 Å². The van der Waals surface area contributed by atoms with Crippen LogP contribution in [0.15, 0.2) is 41.5 Å². The molecule has 1 fully saturated rings. The minimum Gasteiger partial charge on any atom is -0.497 e. The van der Waals surface area contributed by atoms with Crippen molar-refractivity contribution in [2.75, 3.05) is 13.7 Å². The molecule has 178 valence electrons. The lowest BCUT2D eigenvalue weighted by atomic mass is 9.95. The zero-order valence-corrected chi connectivity index (χ0v) is 20.1. The zero-order valence-electron chi connectivity index (χ0n) is 20.1. The van der Waals surface area contributed by atoms with Crippen molar-refractivity contribution in [3.8, 4) is 5.75 Å². The number of carbonyl (C=O) groups is 2. The summed E-state index contributed by atoms with van der Waals surface area (Å²) in [5, 5.41) is 5.70. The molecule has 2 amide bonds. The van der Waals surface area contributed by atoms with Crippen molar-refractivity contribution < 1.29 is 14.3 Å². The van der Waals surface area contributed by atoms with Crippen molar-refractivity contribution in [1.29, 1.82) is 0 Å². The van der Waals surface area contributed by atoms with Crippen LogP contribution in [0, 0.1) is 0 Å². The molecule has 0 radical (unpaired) electrons. The van der Waals surface area contributed by atoms with Crippen LogP contribution < -0.4 is 20.8 Å². The van der Waals surface area contributed by atoms with E-state index < -0.39 is 22.8 Å². The minimum atomic E-state index is -0.536. The van der Waals surface area contributed by atoms with Gasteiger partial charge in [0.25, 0.3) is 11.8 Å². The van der Waals surface area contributed by atoms with Crippen molar-refractivity contribution in [1.82, 2.24) is 15.2 Å². The van der Waals surface area contributed by atoms with Gasteiger partial charge in [-0.15, -0.1) is 0 Å². The summed E-state index contributed by atoms with van der Waals surface area (Å²) in [6.45, 7) is 5.97. The number of methoxy groups -OCH3 is 1. The molecule has 2 N–H and O–H groups in total. The van der Waals surface area contributed by atoms with E-state index in [2.05, 4.69) is 10.6 Å². The van der Waals surface area contributed by atoms with E-state index >= 15 is 0 Å². The second kappa shape index (κ2) is 10.7. The first-order valence-electron chi connectivity index (χ1n) is 11.7. The summed E-state index contributed by atoms with van der Waals surface area (Å²) in [6, 6.07) is 7.82. The molecule has 0 atom stereocenters. The van der Waals surface area contributed by atoms with Gasteiger partial charge in [0, 0.05) is 30.5 Å². The van der Waals surface area contributed by atoms with Gasteiger partial charge in [-0.25, -0.2) is 0 Å². The van der Waals surface area contributed by atoms with Crippen LogP contribution in [-0.4, -0.2) is 35.6 Å². The molecule has 33 heavy (non-hydrogen) atoms. The Labute approximate surface area is 195 Å². The van der Waals surface area contributed by atoms with Gasteiger partial charge in [0.15, 0.2) is 0 Å². The molecule has 2 aromatic rings. The van der Waals surface area contributed by atoms with Crippen LogP contribution in [0.1, 0.15) is 85.2 Å². The Morgan fingerprint density at radius 1 is 1.00 bits per heavy atom. The fourth-order valence-electron chi connectivity index (χ4n) is 4.13. The van der Waals surface area contributed by atoms with E-state index in [-0.39, 0.29) is 17.2 Å². The SMILES string of the molecule is COc1ccc(CCNC(=O)c2cn(C3CCCCC3)cc(C(=O)NC(C)(C)C)c2=O)cc1. The molecule has 3 rings (SSSR count). The van der Waals surface area contributed by atoms with Crippen LogP contribution >= 0.6 is 0 Å². The lowest BCUT2D eigenvalue weighted by Crippen LogP contribution is -2.43. The predicted octanol–water partition coefficient (Wildman–Crippen LogP) is 3.86. The highest BCUT2D eigenvalue weighted by molar-refractivity contribution is 5.99. The summed E-state index contributed by atoms with van der Waals surface area (Å²) < 4.78 is 7.06. The first kappa shape index (κ1) is 24.6. The number of hydrogen-bond donors (Lipinski definition) is 2. The Morgan fingerprint density at radius 2 is 1.61 bits per heavy atom. The van der Waals surface area contributed by atoms with E-state index in [1.807, 2.05) is 49.6 Å². The van der Waals surface area contributed by atoms with Gasteiger partial charge in [-0.3, -0.25) is 14.4 Å². The van der Waals surface area contributed by atoms with Crippen molar-refractivity contribution in [3.63, 3.8) is 0 Å². The van der Waals surface area contributed by atoms with E-state index in [0.29, 0.717) is 13.0 Å². The van der Waals surface area contributed by atoms with Crippen molar-refractivity contribution in [3.05, 3.63) is 63.6 Å². The summed E-state index contributed by atoms with van der Waals surface area (Å²) in [5.74, 6) is -0.134. The standard InChI is InChI=1S/C26H35N3O4/c1-26(2,3)28-25(32)22-17-29(19-8-6-5-7-9-19)16-21(23(22)30)24(31)27-15-14-18-10-12-20(33-4)13-11-18/h10-13,16-17,19H,5-9,14-15H2,1-4H3,(H,27,31)(H,28,32). The van der Waals surface area contributed by atoms with E-state index in [1.54, 1.807) is 19.5 Å². The van der Waals surface area contributed by atoms with Crippen LogP contribution in [-0.2, 0) is 6.42 Å². The number of hydrogen-bond acceptors (Lipinski definition) is 4. The number of nitrogens with one attached hydrogen (secondary N) is 2. The summed E-state index contributed by atoms with van der Waals surface area (Å²) in [6.07, 6.45) is 9.20. The summed E-state index contributed by atoms with van der Waals surface area (Å²) >= 11 is 0. The Hall–Kier alpha value is -3.09. The highest BCUT2D eigenvalue weighted by atomic mass is 16.5. The van der Waals surface area contributed by atoms with Gasteiger partial charge in [0.2, 0.25) is 5.43 Å². The van der Waals surface area contributed by atoms with E-state index in [9.17, 15) is 14.4 Å². The van der Waals surface area contributed by atoms with Crippen LogP contribution in [0.3, 0.4) is 0 Å². The molecule has 1 aliphatic carbocycles. The maximum absolute atomic E-state index is 13.1. The van der Waals surface area contributed by atoms with Crippen LogP contribution in [0.4, 0.5) is 0 Å². The molecular formula is C26H35N3O4. The molecule has 0 unspecified atom stereocenters. The summed E-state index contributed by atoms with van der Waals surface area (Å²) in [5.41, 5.74) is 0.0467. The average Bonchev–Trinajstić information content (AvgIpc) is 2.79. The molecule has 7 heteroatoms. The molecule has 1 aliphatic rings. The Morgan fingerprint density at radius 3 is 2.18 bits per heavy atom. The Balaban J connectivity index is 1.81. The fourth-order valence-corrected chi connectivity index (χ4v) is 4.13.